The molecule has 10 nitrogen and oxygen atoms in total. The predicted molar refractivity (Wildman–Crippen MR) is 122 cm³/mol. The van der Waals surface area contributed by atoms with Crippen LogP contribution in [0, 0.1) is 12.7 Å². The smallest absolute Gasteiger partial charge is 0.407 e. The van der Waals surface area contributed by atoms with Crippen LogP contribution in [0.2, 0.25) is 0 Å². The summed E-state index contributed by atoms with van der Waals surface area (Å²) in [5.41, 5.74) is 1.03. The Hall–Kier alpha value is -3.47. The number of ether oxygens (including phenoxy) is 3. The molecule has 0 radical (unpaired) electrons. The highest BCUT2D eigenvalue weighted by molar-refractivity contribution is 5.78. The van der Waals surface area contributed by atoms with Crippen LogP contribution in [0.15, 0.2) is 24.5 Å². The SMILES string of the molecule is Cc1c(Oc2ccc(CC(=O)NCC3CCCO3)cc2F)ncnc1OC1CCN(C(=O)O)CC1. The maximum absolute atomic E-state index is 14.7. The number of hydrogen-bond donors (Lipinski definition) is 2. The van der Waals surface area contributed by atoms with Gasteiger partial charge in [0.05, 0.1) is 18.1 Å². The molecule has 11 heteroatoms. The van der Waals surface area contributed by atoms with Gasteiger partial charge in [0, 0.05) is 39.1 Å². The molecule has 2 N–H and O–H groups in total. The van der Waals surface area contributed by atoms with Crippen molar-refractivity contribution in [3.05, 3.63) is 41.5 Å². The van der Waals surface area contributed by atoms with Crippen molar-refractivity contribution in [3.8, 4) is 17.5 Å². The lowest BCUT2D eigenvalue weighted by Crippen LogP contribution is -2.41. The summed E-state index contributed by atoms with van der Waals surface area (Å²) in [7, 11) is 0. The summed E-state index contributed by atoms with van der Waals surface area (Å²) in [4.78, 5) is 32.8. The zero-order chi connectivity index (χ0) is 24.8. The second-order valence-electron chi connectivity index (χ2n) is 8.68. The van der Waals surface area contributed by atoms with Gasteiger partial charge in [-0.3, -0.25) is 4.79 Å². The van der Waals surface area contributed by atoms with Crippen LogP contribution < -0.4 is 14.8 Å². The van der Waals surface area contributed by atoms with Gasteiger partial charge in [-0.15, -0.1) is 0 Å². The summed E-state index contributed by atoms with van der Waals surface area (Å²) in [6.07, 6.45) is 3.27. The van der Waals surface area contributed by atoms with E-state index in [0.717, 1.165) is 19.4 Å². The minimum Gasteiger partial charge on any atom is -0.474 e. The van der Waals surface area contributed by atoms with E-state index in [0.29, 0.717) is 49.5 Å². The molecule has 1 unspecified atom stereocenters. The molecule has 0 bridgehead atoms. The van der Waals surface area contributed by atoms with Crippen LogP contribution in [-0.4, -0.2) is 70.4 Å². The van der Waals surface area contributed by atoms with E-state index in [-0.39, 0.29) is 36.2 Å². The summed E-state index contributed by atoms with van der Waals surface area (Å²) in [5, 5.41) is 11.9. The van der Waals surface area contributed by atoms with Gasteiger partial charge in [0.1, 0.15) is 12.4 Å². The van der Waals surface area contributed by atoms with Crippen LogP contribution in [-0.2, 0) is 16.0 Å². The molecule has 3 heterocycles. The molecule has 2 fully saturated rings. The van der Waals surface area contributed by atoms with Crippen molar-refractivity contribution in [1.82, 2.24) is 20.2 Å². The number of hydrogen-bond acceptors (Lipinski definition) is 7. The highest BCUT2D eigenvalue weighted by atomic mass is 19.1. The summed E-state index contributed by atoms with van der Waals surface area (Å²) in [5.74, 6) is -0.384. The average molecular weight is 489 g/mol. The maximum atomic E-state index is 14.7. The normalized spacial score (nSPS) is 18.3. The number of carbonyl (C=O) groups is 2. The molecule has 4 rings (SSSR count). The Morgan fingerprint density at radius 3 is 2.69 bits per heavy atom. The Morgan fingerprint density at radius 1 is 1.23 bits per heavy atom. The second-order valence-corrected chi connectivity index (χ2v) is 8.68. The minimum absolute atomic E-state index is 0.0315. The Balaban J connectivity index is 1.34. The molecule has 0 aliphatic carbocycles. The number of benzene rings is 1. The summed E-state index contributed by atoms with van der Waals surface area (Å²) < 4.78 is 31.8. The van der Waals surface area contributed by atoms with Crippen molar-refractivity contribution in [3.63, 3.8) is 0 Å². The third-order valence-corrected chi connectivity index (χ3v) is 6.10. The molecule has 2 aromatic rings. The van der Waals surface area contributed by atoms with E-state index in [9.17, 15) is 14.0 Å². The Morgan fingerprint density at radius 2 is 2.00 bits per heavy atom. The van der Waals surface area contributed by atoms with E-state index < -0.39 is 11.9 Å². The van der Waals surface area contributed by atoms with Gasteiger partial charge in [0.25, 0.3) is 0 Å². The monoisotopic (exact) mass is 488 g/mol. The van der Waals surface area contributed by atoms with Crippen molar-refractivity contribution in [1.29, 1.82) is 0 Å². The van der Waals surface area contributed by atoms with Crippen molar-refractivity contribution in [2.45, 2.75) is 51.2 Å². The predicted octanol–water partition coefficient (Wildman–Crippen LogP) is 3.08. The summed E-state index contributed by atoms with van der Waals surface area (Å²) >= 11 is 0. The Bertz CT molecular complexity index is 1050. The average Bonchev–Trinajstić information content (AvgIpc) is 3.36. The van der Waals surface area contributed by atoms with Gasteiger partial charge in [-0.05, 0) is 37.5 Å². The summed E-state index contributed by atoms with van der Waals surface area (Å²) in [6, 6.07) is 4.36. The lowest BCUT2D eigenvalue weighted by atomic mass is 10.1. The van der Waals surface area contributed by atoms with Gasteiger partial charge < -0.3 is 29.5 Å². The van der Waals surface area contributed by atoms with Gasteiger partial charge in [-0.1, -0.05) is 6.07 Å². The molecule has 0 saturated carbocycles. The number of nitrogens with one attached hydrogen (secondary N) is 1. The Labute approximate surface area is 202 Å². The number of carboxylic acid groups (broad SMARTS) is 1. The molecular formula is C24H29FN4O6. The first-order chi connectivity index (χ1) is 16.9. The van der Waals surface area contributed by atoms with Crippen molar-refractivity contribution in [2.24, 2.45) is 0 Å². The van der Waals surface area contributed by atoms with Gasteiger partial charge in [0.15, 0.2) is 11.6 Å². The van der Waals surface area contributed by atoms with Gasteiger partial charge in [-0.25, -0.2) is 19.2 Å². The van der Waals surface area contributed by atoms with Crippen LogP contribution in [0.5, 0.6) is 17.5 Å². The zero-order valence-corrected chi connectivity index (χ0v) is 19.5. The highest BCUT2D eigenvalue weighted by Gasteiger charge is 2.25. The number of rotatable bonds is 8. The lowest BCUT2D eigenvalue weighted by molar-refractivity contribution is -0.120. The summed E-state index contributed by atoms with van der Waals surface area (Å²) in [6.45, 7) is 3.66. The second kappa shape index (κ2) is 11.3. The first-order valence-electron chi connectivity index (χ1n) is 11.7. The number of halogens is 1. The fourth-order valence-corrected chi connectivity index (χ4v) is 4.09. The van der Waals surface area contributed by atoms with Crippen LogP contribution >= 0.6 is 0 Å². The molecule has 35 heavy (non-hydrogen) atoms. The number of nitrogens with zero attached hydrogens (tertiary/aromatic N) is 3. The highest BCUT2D eigenvalue weighted by Crippen LogP contribution is 2.30. The Kier molecular flexibility index (Phi) is 7.96. The van der Waals surface area contributed by atoms with E-state index in [1.165, 1.54) is 23.4 Å². The standard InChI is InChI=1S/C24H29FN4O6/c1-15-22(34-17-6-8-29(9-7-17)24(31)32)27-14-28-23(15)35-20-5-4-16(11-19(20)25)12-21(30)26-13-18-3-2-10-33-18/h4-5,11,14,17-18H,2-3,6-10,12-13H2,1H3,(H,26,30)(H,31,32). The molecule has 188 valence electrons. The van der Waals surface area contributed by atoms with Gasteiger partial charge in [-0.2, -0.15) is 0 Å². The van der Waals surface area contributed by atoms with E-state index in [1.807, 2.05) is 0 Å². The number of carbonyl (C=O) groups excluding carboxylic acids is 1. The number of amides is 2. The van der Waals surface area contributed by atoms with E-state index in [1.54, 1.807) is 13.0 Å². The van der Waals surface area contributed by atoms with Gasteiger partial charge in [0.2, 0.25) is 17.7 Å². The molecule has 1 aromatic heterocycles. The largest absolute Gasteiger partial charge is 0.474 e. The van der Waals surface area contributed by atoms with Crippen LogP contribution in [0.4, 0.5) is 9.18 Å². The van der Waals surface area contributed by atoms with Crippen molar-refractivity contribution >= 4 is 12.0 Å². The van der Waals surface area contributed by atoms with Gasteiger partial charge >= 0.3 is 6.09 Å². The molecular weight excluding hydrogens is 459 g/mol. The molecule has 2 aliphatic rings. The third-order valence-electron chi connectivity index (χ3n) is 6.10. The van der Waals surface area contributed by atoms with E-state index >= 15 is 0 Å². The number of aromatic nitrogens is 2. The first kappa shape index (κ1) is 24.6. The first-order valence-corrected chi connectivity index (χ1v) is 11.7. The number of likely N-dealkylation sites (tertiary alicyclic amines) is 1. The molecule has 1 aromatic carbocycles. The van der Waals surface area contributed by atoms with Crippen LogP contribution in [0.1, 0.15) is 36.8 Å². The molecule has 0 spiro atoms. The quantitative estimate of drug-likeness (QED) is 0.581. The lowest BCUT2D eigenvalue weighted by Gasteiger charge is -2.30. The van der Waals surface area contributed by atoms with Crippen LogP contribution in [0.25, 0.3) is 0 Å². The molecule has 1 atom stereocenters. The maximum Gasteiger partial charge on any atom is 0.407 e. The van der Waals surface area contributed by atoms with Crippen LogP contribution in [0.3, 0.4) is 0 Å². The van der Waals surface area contributed by atoms with E-state index in [2.05, 4.69) is 15.3 Å². The fraction of sp³-hybridized carbons (Fsp3) is 0.500. The van der Waals surface area contributed by atoms with E-state index in [4.69, 9.17) is 19.3 Å². The molecule has 2 saturated heterocycles. The fourth-order valence-electron chi connectivity index (χ4n) is 4.09. The molecule has 2 aliphatic heterocycles. The molecule has 2 amide bonds. The third kappa shape index (κ3) is 6.56. The van der Waals surface area contributed by atoms with Crippen molar-refractivity contribution < 1.29 is 33.3 Å². The zero-order valence-electron chi connectivity index (χ0n) is 19.5. The number of piperidine rings is 1. The minimum atomic E-state index is -0.940. The topological polar surface area (TPSA) is 123 Å². The van der Waals surface area contributed by atoms with Crippen molar-refractivity contribution in [2.75, 3.05) is 26.2 Å².